The number of aromatic amines is 1. The van der Waals surface area contributed by atoms with Crippen molar-refractivity contribution in [2.75, 3.05) is 7.11 Å². The molecule has 0 saturated heterocycles. The van der Waals surface area contributed by atoms with Crippen molar-refractivity contribution in [1.29, 1.82) is 0 Å². The third-order valence-corrected chi connectivity index (χ3v) is 3.14. The van der Waals surface area contributed by atoms with E-state index in [0.717, 1.165) is 28.3 Å². The Morgan fingerprint density at radius 2 is 2.21 bits per heavy atom. The van der Waals surface area contributed by atoms with E-state index in [2.05, 4.69) is 25.8 Å². The molecular weight excluding hydrogens is 244 g/mol. The SMILES string of the molecule is COc1c(C)cnc(CC(NN)c2cn[nH]n2)c1C. The van der Waals surface area contributed by atoms with Gasteiger partial charge < -0.3 is 4.74 Å². The topological polar surface area (TPSA) is 102 Å². The van der Waals surface area contributed by atoms with Gasteiger partial charge in [-0.25, -0.2) is 0 Å². The van der Waals surface area contributed by atoms with Crippen molar-refractivity contribution >= 4 is 0 Å². The van der Waals surface area contributed by atoms with Crippen LogP contribution in [0.2, 0.25) is 0 Å². The van der Waals surface area contributed by atoms with Gasteiger partial charge in [0.1, 0.15) is 11.4 Å². The summed E-state index contributed by atoms with van der Waals surface area (Å²) in [6.07, 6.45) is 4.06. The summed E-state index contributed by atoms with van der Waals surface area (Å²) in [7, 11) is 1.66. The minimum Gasteiger partial charge on any atom is -0.496 e. The highest BCUT2D eigenvalue weighted by Crippen LogP contribution is 2.26. The van der Waals surface area contributed by atoms with Crippen LogP contribution < -0.4 is 16.0 Å². The van der Waals surface area contributed by atoms with Gasteiger partial charge in [-0.3, -0.25) is 16.3 Å². The highest BCUT2D eigenvalue weighted by Gasteiger charge is 2.17. The normalized spacial score (nSPS) is 12.4. The van der Waals surface area contributed by atoms with Gasteiger partial charge in [-0.2, -0.15) is 15.4 Å². The van der Waals surface area contributed by atoms with Crippen molar-refractivity contribution in [3.63, 3.8) is 0 Å². The summed E-state index contributed by atoms with van der Waals surface area (Å²) in [6, 6.07) is -0.141. The highest BCUT2D eigenvalue weighted by molar-refractivity contribution is 5.41. The standard InChI is InChI=1S/C12H18N6O/c1-7-5-14-9(8(2)12(7)19-3)4-10(16-13)11-6-15-18-17-11/h5-6,10,16H,4,13H2,1-3H3,(H,15,17,18). The maximum atomic E-state index is 5.57. The largest absolute Gasteiger partial charge is 0.496 e. The summed E-state index contributed by atoms with van der Waals surface area (Å²) in [4.78, 5) is 4.45. The number of hydrazine groups is 1. The van der Waals surface area contributed by atoms with Gasteiger partial charge in [-0.05, 0) is 13.8 Å². The van der Waals surface area contributed by atoms with Crippen LogP contribution >= 0.6 is 0 Å². The fourth-order valence-corrected chi connectivity index (χ4v) is 2.10. The number of H-pyrrole nitrogens is 1. The summed E-state index contributed by atoms with van der Waals surface area (Å²) < 4.78 is 5.40. The van der Waals surface area contributed by atoms with Gasteiger partial charge in [-0.15, -0.1) is 0 Å². The number of hydrogen-bond donors (Lipinski definition) is 3. The van der Waals surface area contributed by atoms with Crippen LogP contribution in [-0.4, -0.2) is 27.5 Å². The summed E-state index contributed by atoms with van der Waals surface area (Å²) >= 11 is 0. The Balaban J connectivity index is 2.28. The monoisotopic (exact) mass is 262 g/mol. The Morgan fingerprint density at radius 1 is 1.42 bits per heavy atom. The average molecular weight is 262 g/mol. The first kappa shape index (κ1) is 13.4. The van der Waals surface area contributed by atoms with Crippen molar-refractivity contribution in [1.82, 2.24) is 25.8 Å². The van der Waals surface area contributed by atoms with Crippen LogP contribution in [0.15, 0.2) is 12.4 Å². The molecule has 0 fully saturated rings. The Kier molecular flexibility index (Phi) is 4.08. The summed E-state index contributed by atoms with van der Waals surface area (Å²) in [5.41, 5.74) is 6.44. The van der Waals surface area contributed by atoms with Gasteiger partial charge >= 0.3 is 0 Å². The molecule has 19 heavy (non-hydrogen) atoms. The van der Waals surface area contributed by atoms with Gasteiger partial charge in [0, 0.05) is 29.4 Å². The molecule has 1 atom stereocenters. The molecule has 102 valence electrons. The van der Waals surface area contributed by atoms with Gasteiger partial charge in [0.25, 0.3) is 0 Å². The van der Waals surface area contributed by atoms with Gasteiger partial charge in [0.05, 0.1) is 19.3 Å². The van der Waals surface area contributed by atoms with E-state index >= 15 is 0 Å². The molecule has 0 aromatic carbocycles. The van der Waals surface area contributed by atoms with E-state index in [4.69, 9.17) is 10.6 Å². The number of nitrogens with two attached hydrogens (primary N) is 1. The lowest BCUT2D eigenvalue weighted by Crippen LogP contribution is -2.30. The third kappa shape index (κ3) is 2.72. The number of pyridine rings is 1. The first-order valence-electron chi connectivity index (χ1n) is 5.98. The number of ether oxygens (including phenoxy) is 1. The third-order valence-electron chi connectivity index (χ3n) is 3.14. The number of aryl methyl sites for hydroxylation is 1. The zero-order valence-electron chi connectivity index (χ0n) is 11.3. The van der Waals surface area contributed by atoms with Crippen LogP contribution in [0.25, 0.3) is 0 Å². The number of nitrogens with zero attached hydrogens (tertiary/aromatic N) is 3. The molecule has 7 nitrogen and oxygen atoms in total. The molecule has 0 aliphatic heterocycles. The second-order valence-electron chi connectivity index (χ2n) is 4.36. The van der Waals surface area contributed by atoms with Crippen LogP contribution in [0.4, 0.5) is 0 Å². The number of hydrogen-bond acceptors (Lipinski definition) is 6. The van der Waals surface area contributed by atoms with Gasteiger partial charge in [0.2, 0.25) is 0 Å². The number of nitrogens with one attached hydrogen (secondary N) is 2. The van der Waals surface area contributed by atoms with Crippen LogP contribution in [0.1, 0.15) is 28.6 Å². The van der Waals surface area contributed by atoms with Crippen LogP contribution in [-0.2, 0) is 6.42 Å². The van der Waals surface area contributed by atoms with Crippen LogP contribution in [0, 0.1) is 13.8 Å². The fourth-order valence-electron chi connectivity index (χ4n) is 2.10. The zero-order chi connectivity index (χ0) is 13.8. The van der Waals surface area contributed by atoms with Gasteiger partial charge in [0.15, 0.2) is 0 Å². The highest BCUT2D eigenvalue weighted by atomic mass is 16.5. The van der Waals surface area contributed by atoms with Crippen molar-refractivity contribution < 1.29 is 4.74 Å². The van der Waals surface area contributed by atoms with Gasteiger partial charge in [-0.1, -0.05) is 0 Å². The van der Waals surface area contributed by atoms with Crippen LogP contribution in [0.5, 0.6) is 5.75 Å². The molecule has 1 unspecified atom stereocenters. The Morgan fingerprint density at radius 3 is 2.79 bits per heavy atom. The molecule has 0 bridgehead atoms. The van der Waals surface area contributed by atoms with Crippen molar-refractivity contribution in [3.8, 4) is 5.75 Å². The number of aromatic nitrogens is 4. The molecule has 2 aromatic heterocycles. The first-order valence-corrected chi connectivity index (χ1v) is 5.98. The maximum Gasteiger partial charge on any atom is 0.128 e. The first-order chi connectivity index (χ1) is 9.17. The van der Waals surface area contributed by atoms with E-state index in [0.29, 0.717) is 6.42 Å². The van der Waals surface area contributed by atoms with Crippen molar-refractivity contribution in [3.05, 3.63) is 34.9 Å². The van der Waals surface area contributed by atoms with E-state index in [1.165, 1.54) is 0 Å². The molecule has 4 N–H and O–H groups in total. The summed E-state index contributed by atoms with van der Waals surface area (Å²) in [5.74, 6) is 6.43. The van der Waals surface area contributed by atoms with E-state index < -0.39 is 0 Å². The number of methoxy groups -OCH3 is 1. The second-order valence-corrected chi connectivity index (χ2v) is 4.36. The lowest BCUT2D eigenvalue weighted by molar-refractivity contribution is 0.406. The molecule has 2 heterocycles. The van der Waals surface area contributed by atoms with E-state index in [1.54, 1.807) is 19.5 Å². The summed E-state index contributed by atoms with van der Waals surface area (Å²) in [5, 5.41) is 10.4. The molecule has 0 aliphatic carbocycles. The lowest BCUT2D eigenvalue weighted by atomic mass is 10.0. The van der Waals surface area contributed by atoms with E-state index in [1.807, 2.05) is 13.8 Å². The molecular formula is C12H18N6O. The number of rotatable bonds is 5. The molecule has 0 spiro atoms. The predicted octanol–water partition coefficient (Wildman–Crippen LogP) is 0.572. The minimum atomic E-state index is -0.141. The van der Waals surface area contributed by atoms with Crippen molar-refractivity contribution in [2.45, 2.75) is 26.3 Å². The Bertz CT molecular complexity index is 539. The van der Waals surface area contributed by atoms with E-state index in [-0.39, 0.29) is 6.04 Å². The molecule has 0 amide bonds. The molecule has 0 radical (unpaired) electrons. The molecule has 7 heteroatoms. The lowest BCUT2D eigenvalue weighted by Gasteiger charge is -2.16. The second kappa shape index (κ2) is 5.77. The molecule has 0 aliphatic rings. The molecule has 2 aromatic rings. The quantitative estimate of drug-likeness (QED) is 0.538. The van der Waals surface area contributed by atoms with Crippen molar-refractivity contribution in [2.24, 2.45) is 5.84 Å². The minimum absolute atomic E-state index is 0.141. The predicted molar refractivity (Wildman–Crippen MR) is 70.4 cm³/mol. The maximum absolute atomic E-state index is 5.57. The Hall–Kier alpha value is -1.99. The Labute approximate surface area is 111 Å². The fraction of sp³-hybridized carbons (Fsp3) is 0.417. The zero-order valence-corrected chi connectivity index (χ0v) is 11.3. The van der Waals surface area contributed by atoms with E-state index in [9.17, 15) is 0 Å². The molecule has 0 saturated carbocycles. The average Bonchev–Trinajstić information content (AvgIpc) is 2.92. The smallest absolute Gasteiger partial charge is 0.128 e. The van der Waals surface area contributed by atoms with Crippen LogP contribution in [0.3, 0.4) is 0 Å². The molecule has 2 rings (SSSR count). The summed E-state index contributed by atoms with van der Waals surface area (Å²) in [6.45, 7) is 3.96.